The molecule has 9 nitrogen and oxygen atoms in total. The fraction of sp³-hybridized carbons (Fsp3) is 0.379. The molecule has 1 unspecified atom stereocenters. The molecule has 3 aromatic rings. The third kappa shape index (κ3) is 5.42. The van der Waals surface area contributed by atoms with Crippen molar-refractivity contribution >= 4 is 29.3 Å². The third-order valence-electron chi connectivity index (χ3n) is 7.55. The van der Waals surface area contributed by atoms with E-state index in [1.54, 1.807) is 43.3 Å². The summed E-state index contributed by atoms with van der Waals surface area (Å²) < 4.78 is 5.42. The van der Waals surface area contributed by atoms with E-state index in [9.17, 15) is 14.4 Å². The topological polar surface area (TPSA) is 122 Å². The maximum atomic E-state index is 14.1. The zero-order chi connectivity index (χ0) is 27.7. The van der Waals surface area contributed by atoms with Crippen LogP contribution in [0.1, 0.15) is 57.7 Å². The number of rotatable bonds is 5. The van der Waals surface area contributed by atoms with E-state index < -0.39 is 18.0 Å². The van der Waals surface area contributed by atoms with E-state index in [1.165, 1.54) is 9.80 Å². The quantitative estimate of drug-likeness (QED) is 0.497. The van der Waals surface area contributed by atoms with Crippen molar-refractivity contribution in [1.82, 2.24) is 20.3 Å². The zero-order valence-corrected chi connectivity index (χ0v) is 22.8. The van der Waals surface area contributed by atoms with Gasteiger partial charge in [-0.15, -0.1) is 0 Å². The molecule has 2 aromatic carbocycles. The first-order valence-corrected chi connectivity index (χ1v) is 13.6. The summed E-state index contributed by atoms with van der Waals surface area (Å²) in [5.74, 6) is -0.855. The van der Waals surface area contributed by atoms with Gasteiger partial charge in [0, 0.05) is 36.3 Å². The Hall–Kier alpha value is -3.69. The lowest BCUT2D eigenvalue weighted by Gasteiger charge is -2.32. The minimum absolute atomic E-state index is 0.0674. The van der Waals surface area contributed by atoms with Crippen LogP contribution in [-0.4, -0.2) is 64.0 Å². The number of aryl methyl sites for hydroxylation is 2. The van der Waals surface area contributed by atoms with Crippen molar-refractivity contribution in [3.05, 3.63) is 76.0 Å². The van der Waals surface area contributed by atoms with Gasteiger partial charge >= 0.3 is 0 Å². The van der Waals surface area contributed by atoms with E-state index in [4.69, 9.17) is 21.9 Å². The lowest BCUT2D eigenvalue weighted by molar-refractivity contribution is -0.129. The van der Waals surface area contributed by atoms with Crippen LogP contribution in [0.2, 0.25) is 5.02 Å². The summed E-state index contributed by atoms with van der Waals surface area (Å²) in [6, 6.07) is 14.3. The van der Waals surface area contributed by atoms with Crippen LogP contribution in [0.5, 0.6) is 0 Å². The largest absolute Gasteiger partial charge is 0.360 e. The molecule has 1 aromatic heterocycles. The molecule has 0 spiro atoms. The monoisotopic (exact) mass is 549 g/mol. The van der Waals surface area contributed by atoms with Gasteiger partial charge in [-0.25, -0.2) is 0 Å². The number of hydrogen-bond acceptors (Lipinski definition) is 6. The van der Waals surface area contributed by atoms with Crippen LogP contribution in [0.25, 0.3) is 11.3 Å². The molecule has 2 aliphatic rings. The van der Waals surface area contributed by atoms with Crippen LogP contribution in [0.4, 0.5) is 0 Å². The fourth-order valence-electron chi connectivity index (χ4n) is 5.34. The fourth-order valence-corrected chi connectivity index (χ4v) is 5.57. The number of nitrogens with two attached hydrogens (primary N) is 1. The second-order valence-corrected chi connectivity index (χ2v) is 10.7. The first-order chi connectivity index (χ1) is 18.7. The molecular weight excluding hydrogens is 518 g/mol. The molecule has 1 aliphatic heterocycles. The van der Waals surface area contributed by atoms with Crippen LogP contribution in [0, 0.1) is 13.8 Å². The highest BCUT2D eigenvalue weighted by atomic mass is 35.5. The van der Waals surface area contributed by atoms with Crippen molar-refractivity contribution in [2.75, 3.05) is 13.1 Å². The highest BCUT2D eigenvalue weighted by molar-refractivity contribution is 6.33. The summed E-state index contributed by atoms with van der Waals surface area (Å²) in [7, 11) is 0. The maximum Gasteiger partial charge on any atom is 0.264 e. The summed E-state index contributed by atoms with van der Waals surface area (Å²) >= 11 is 6.41. The smallest absolute Gasteiger partial charge is 0.264 e. The van der Waals surface area contributed by atoms with Gasteiger partial charge in [0.05, 0.1) is 5.02 Å². The number of benzene rings is 2. The lowest BCUT2D eigenvalue weighted by Crippen LogP contribution is -2.56. The number of nitrogens with zero attached hydrogens (tertiary/aromatic N) is 3. The number of halogens is 1. The van der Waals surface area contributed by atoms with E-state index in [-0.39, 0.29) is 36.6 Å². The summed E-state index contributed by atoms with van der Waals surface area (Å²) in [5.41, 5.74) is 8.58. The number of hydrogen-bond donors (Lipinski definition) is 2. The predicted octanol–water partition coefficient (Wildman–Crippen LogP) is 3.92. The van der Waals surface area contributed by atoms with Gasteiger partial charge in [0.2, 0.25) is 0 Å². The Morgan fingerprint density at radius 2 is 1.59 bits per heavy atom. The molecular formula is C29H32ClN5O4. The van der Waals surface area contributed by atoms with Crippen molar-refractivity contribution in [1.29, 1.82) is 0 Å². The summed E-state index contributed by atoms with van der Waals surface area (Å²) in [5, 5.41) is 7.62. The van der Waals surface area contributed by atoms with E-state index in [2.05, 4.69) is 10.5 Å². The third-order valence-corrected chi connectivity index (χ3v) is 7.88. The van der Waals surface area contributed by atoms with Gasteiger partial charge < -0.3 is 25.4 Å². The number of nitrogens with one attached hydrogen (secondary N) is 1. The molecule has 2 heterocycles. The Morgan fingerprint density at radius 1 is 0.949 bits per heavy atom. The molecule has 0 radical (unpaired) electrons. The molecule has 1 saturated carbocycles. The standard InChI is InChI=1S/C29H32ClN5O4/c1-17-7-9-19(10-8-17)28(37)34-15-16-35(27(34)26(36)32-21-13-11-20(31)12-14-21)29(38)24-18(2)39-33-25(24)22-5-3-4-6-23(22)30/h3-10,20-21,27H,11-16,31H2,1-2H3,(H,32,36). The van der Waals surface area contributed by atoms with Crippen molar-refractivity contribution in [3.63, 3.8) is 0 Å². The molecule has 3 amide bonds. The summed E-state index contributed by atoms with van der Waals surface area (Å²) in [4.78, 5) is 44.4. The molecule has 5 rings (SSSR count). The zero-order valence-electron chi connectivity index (χ0n) is 22.0. The minimum atomic E-state index is -1.13. The Morgan fingerprint density at radius 3 is 2.26 bits per heavy atom. The van der Waals surface area contributed by atoms with Crippen LogP contribution in [0.3, 0.4) is 0 Å². The lowest BCUT2D eigenvalue weighted by atomic mass is 9.92. The van der Waals surface area contributed by atoms with Gasteiger partial charge in [0.15, 0.2) is 6.17 Å². The first-order valence-electron chi connectivity index (χ1n) is 13.2. The van der Waals surface area contributed by atoms with Gasteiger partial charge in [-0.3, -0.25) is 14.4 Å². The number of aromatic nitrogens is 1. The molecule has 39 heavy (non-hydrogen) atoms. The Kier molecular flexibility index (Phi) is 7.72. The van der Waals surface area contributed by atoms with E-state index in [0.717, 1.165) is 31.2 Å². The van der Waals surface area contributed by atoms with Gasteiger partial charge in [0.1, 0.15) is 17.0 Å². The average molecular weight is 550 g/mol. The maximum absolute atomic E-state index is 14.1. The summed E-state index contributed by atoms with van der Waals surface area (Å²) in [6.45, 7) is 3.97. The van der Waals surface area contributed by atoms with Crippen LogP contribution in [-0.2, 0) is 4.79 Å². The minimum Gasteiger partial charge on any atom is -0.360 e. The molecule has 1 aliphatic carbocycles. The molecule has 1 atom stereocenters. The normalized spacial score (nSPS) is 21.2. The highest BCUT2D eigenvalue weighted by Crippen LogP contribution is 2.33. The predicted molar refractivity (Wildman–Crippen MR) is 147 cm³/mol. The van der Waals surface area contributed by atoms with Crippen molar-refractivity contribution in [2.45, 2.75) is 57.8 Å². The first kappa shape index (κ1) is 26.9. The average Bonchev–Trinajstić information content (AvgIpc) is 3.54. The van der Waals surface area contributed by atoms with Gasteiger partial charge in [-0.05, 0) is 57.7 Å². The second-order valence-electron chi connectivity index (χ2n) is 10.3. The molecule has 0 bridgehead atoms. The molecule has 10 heteroatoms. The Balaban J connectivity index is 1.48. The van der Waals surface area contributed by atoms with Crippen LogP contribution < -0.4 is 11.1 Å². The van der Waals surface area contributed by atoms with Crippen molar-refractivity contribution < 1.29 is 18.9 Å². The molecule has 2 fully saturated rings. The Labute approximate surface area is 232 Å². The van der Waals surface area contributed by atoms with Crippen molar-refractivity contribution in [3.8, 4) is 11.3 Å². The number of carbonyl (C=O) groups excluding carboxylic acids is 3. The van der Waals surface area contributed by atoms with Gasteiger partial charge in [0.25, 0.3) is 17.7 Å². The van der Waals surface area contributed by atoms with Gasteiger partial charge in [-0.2, -0.15) is 0 Å². The number of carbonyl (C=O) groups is 3. The van der Waals surface area contributed by atoms with Crippen LogP contribution in [0.15, 0.2) is 53.1 Å². The van der Waals surface area contributed by atoms with E-state index >= 15 is 0 Å². The SMILES string of the molecule is Cc1ccc(C(=O)N2CCN(C(=O)c3c(-c4ccccc4Cl)noc3C)C2C(=O)NC2CCC(N)CC2)cc1. The molecule has 204 valence electrons. The molecule has 1 saturated heterocycles. The Bertz CT molecular complexity index is 1380. The van der Waals surface area contributed by atoms with Crippen LogP contribution >= 0.6 is 11.6 Å². The van der Waals surface area contributed by atoms with E-state index in [0.29, 0.717) is 27.6 Å². The van der Waals surface area contributed by atoms with Crippen molar-refractivity contribution in [2.24, 2.45) is 5.73 Å². The van der Waals surface area contributed by atoms with E-state index in [1.807, 2.05) is 19.1 Å². The molecule has 3 N–H and O–H groups in total. The highest BCUT2D eigenvalue weighted by Gasteiger charge is 2.45. The summed E-state index contributed by atoms with van der Waals surface area (Å²) in [6.07, 6.45) is 1.99. The second kappa shape index (κ2) is 11.2. The van der Waals surface area contributed by atoms with Gasteiger partial charge in [-0.1, -0.05) is 52.7 Å². The number of amides is 3.